The largest absolute Gasteiger partial charge is 0.372 e. The molecule has 1 atom stereocenters. The number of amides is 1. The Morgan fingerprint density at radius 2 is 1.75 bits per heavy atom. The highest BCUT2D eigenvalue weighted by Crippen LogP contribution is 2.26. The number of rotatable bonds is 7. The quantitative estimate of drug-likeness (QED) is 0.677. The zero-order valence-corrected chi connectivity index (χ0v) is 20.6. The minimum Gasteiger partial charge on any atom is -0.372 e. The molecular weight excluding hydrogens is 422 g/mol. The van der Waals surface area contributed by atoms with Crippen molar-refractivity contribution >= 4 is 27.3 Å². The fourth-order valence-corrected chi connectivity index (χ4v) is 5.02. The van der Waals surface area contributed by atoms with Crippen LogP contribution in [-0.2, 0) is 14.8 Å². The summed E-state index contributed by atoms with van der Waals surface area (Å²) in [6.07, 6.45) is 3.56. The van der Waals surface area contributed by atoms with Crippen molar-refractivity contribution in [1.82, 2.24) is 5.32 Å². The SMILES string of the molecule is Cc1ccc(C)c(N(CC(=O)NC(C)c2ccc(N3CCC(C)CC3)cc2)S(C)(=O)=O)c1. The molecule has 6 nitrogen and oxygen atoms in total. The molecule has 0 aliphatic carbocycles. The summed E-state index contributed by atoms with van der Waals surface area (Å²) in [4.78, 5) is 15.2. The summed E-state index contributed by atoms with van der Waals surface area (Å²) in [5, 5.41) is 2.95. The van der Waals surface area contributed by atoms with E-state index in [-0.39, 0.29) is 18.5 Å². The van der Waals surface area contributed by atoms with E-state index in [1.165, 1.54) is 22.8 Å². The van der Waals surface area contributed by atoms with Gasteiger partial charge < -0.3 is 10.2 Å². The van der Waals surface area contributed by atoms with E-state index in [2.05, 4.69) is 29.3 Å². The van der Waals surface area contributed by atoms with E-state index in [4.69, 9.17) is 0 Å². The molecule has 1 aliphatic rings. The lowest BCUT2D eigenvalue weighted by Crippen LogP contribution is -2.41. The first kappa shape index (κ1) is 24.1. The summed E-state index contributed by atoms with van der Waals surface area (Å²) >= 11 is 0. The molecule has 1 fully saturated rings. The lowest BCUT2D eigenvalue weighted by atomic mass is 9.98. The number of nitrogens with one attached hydrogen (secondary N) is 1. The van der Waals surface area contributed by atoms with E-state index < -0.39 is 10.0 Å². The average molecular weight is 458 g/mol. The van der Waals surface area contributed by atoms with E-state index in [1.54, 1.807) is 6.07 Å². The van der Waals surface area contributed by atoms with Crippen molar-refractivity contribution in [2.75, 3.05) is 35.1 Å². The molecule has 0 saturated carbocycles. The number of hydrogen-bond donors (Lipinski definition) is 1. The van der Waals surface area contributed by atoms with Gasteiger partial charge in [-0.05, 0) is 74.4 Å². The average Bonchev–Trinajstić information content (AvgIpc) is 2.74. The Bertz CT molecular complexity index is 1040. The monoisotopic (exact) mass is 457 g/mol. The predicted octanol–water partition coefficient (Wildman–Crippen LogP) is 4.18. The third-order valence-electron chi connectivity index (χ3n) is 6.24. The van der Waals surface area contributed by atoms with Gasteiger partial charge in [-0.15, -0.1) is 0 Å². The van der Waals surface area contributed by atoms with Crippen LogP contribution in [0.1, 0.15) is 49.4 Å². The maximum absolute atomic E-state index is 12.8. The number of carbonyl (C=O) groups is 1. The smallest absolute Gasteiger partial charge is 0.241 e. The Morgan fingerprint density at radius 1 is 1.12 bits per heavy atom. The van der Waals surface area contributed by atoms with Crippen LogP contribution in [0.3, 0.4) is 0 Å². The van der Waals surface area contributed by atoms with Gasteiger partial charge in [-0.3, -0.25) is 9.10 Å². The Morgan fingerprint density at radius 3 is 2.34 bits per heavy atom. The first-order valence-electron chi connectivity index (χ1n) is 11.2. The van der Waals surface area contributed by atoms with Gasteiger partial charge >= 0.3 is 0 Å². The van der Waals surface area contributed by atoms with Gasteiger partial charge in [0.15, 0.2) is 0 Å². The Labute approximate surface area is 192 Å². The van der Waals surface area contributed by atoms with Crippen molar-refractivity contribution < 1.29 is 13.2 Å². The zero-order chi connectivity index (χ0) is 23.5. The first-order valence-corrected chi connectivity index (χ1v) is 13.1. The Balaban J connectivity index is 1.67. The van der Waals surface area contributed by atoms with Crippen LogP contribution in [0.5, 0.6) is 0 Å². The second-order valence-electron chi connectivity index (χ2n) is 9.11. The molecule has 1 N–H and O–H groups in total. The molecule has 1 heterocycles. The summed E-state index contributed by atoms with van der Waals surface area (Å²) in [5.41, 5.74) is 4.49. The van der Waals surface area contributed by atoms with Crippen LogP contribution in [-0.4, -0.2) is 40.2 Å². The third kappa shape index (κ3) is 6.03. The minimum absolute atomic E-state index is 0.224. The van der Waals surface area contributed by atoms with Crippen LogP contribution < -0.4 is 14.5 Å². The Hall–Kier alpha value is -2.54. The molecule has 3 rings (SSSR count). The van der Waals surface area contributed by atoms with Gasteiger partial charge in [-0.2, -0.15) is 0 Å². The number of benzene rings is 2. The number of hydrogen-bond acceptors (Lipinski definition) is 4. The van der Waals surface area contributed by atoms with Crippen LogP contribution in [0, 0.1) is 19.8 Å². The third-order valence-corrected chi connectivity index (χ3v) is 7.37. The molecule has 32 heavy (non-hydrogen) atoms. The summed E-state index contributed by atoms with van der Waals surface area (Å²) < 4.78 is 26.1. The molecule has 1 saturated heterocycles. The lowest BCUT2D eigenvalue weighted by molar-refractivity contribution is -0.120. The van der Waals surface area contributed by atoms with E-state index in [1.807, 2.05) is 45.0 Å². The summed E-state index contributed by atoms with van der Waals surface area (Å²) in [7, 11) is -3.61. The molecule has 7 heteroatoms. The highest BCUT2D eigenvalue weighted by Gasteiger charge is 2.23. The van der Waals surface area contributed by atoms with Crippen LogP contribution >= 0.6 is 0 Å². The van der Waals surface area contributed by atoms with Crippen molar-refractivity contribution in [1.29, 1.82) is 0 Å². The highest BCUT2D eigenvalue weighted by molar-refractivity contribution is 7.92. The minimum atomic E-state index is -3.61. The zero-order valence-electron chi connectivity index (χ0n) is 19.8. The van der Waals surface area contributed by atoms with E-state index in [9.17, 15) is 13.2 Å². The molecule has 0 aromatic heterocycles. The highest BCUT2D eigenvalue weighted by atomic mass is 32.2. The molecule has 174 valence electrons. The van der Waals surface area contributed by atoms with Gasteiger partial charge in [0.25, 0.3) is 0 Å². The van der Waals surface area contributed by atoms with Crippen molar-refractivity contribution in [2.24, 2.45) is 5.92 Å². The molecule has 2 aromatic carbocycles. The normalized spacial score (nSPS) is 16.0. The topological polar surface area (TPSA) is 69.7 Å². The fourth-order valence-electron chi connectivity index (χ4n) is 4.11. The summed E-state index contributed by atoms with van der Waals surface area (Å²) in [5.74, 6) is 0.453. The number of carbonyl (C=O) groups excluding carboxylic acids is 1. The van der Waals surface area contributed by atoms with Crippen LogP contribution in [0.15, 0.2) is 42.5 Å². The van der Waals surface area contributed by atoms with Crippen molar-refractivity contribution in [3.05, 3.63) is 59.2 Å². The van der Waals surface area contributed by atoms with Crippen LogP contribution in [0.25, 0.3) is 0 Å². The van der Waals surface area contributed by atoms with Crippen LogP contribution in [0.4, 0.5) is 11.4 Å². The van der Waals surface area contributed by atoms with Gasteiger partial charge in [-0.1, -0.05) is 31.2 Å². The second-order valence-corrected chi connectivity index (χ2v) is 11.0. The standard InChI is InChI=1S/C25H35N3O3S/c1-18-12-14-27(15-13-18)23-10-8-22(9-11-23)21(4)26-25(29)17-28(32(5,30)31)24-16-19(2)6-7-20(24)3/h6-11,16,18,21H,12-15,17H2,1-5H3,(H,26,29). The summed E-state index contributed by atoms with van der Waals surface area (Å²) in [6, 6.07) is 13.7. The predicted molar refractivity (Wildman–Crippen MR) is 132 cm³/mol. The van der Waals surface area contributed by atoms with E-state index >= 15 is 0 Å². The van der Waals surface area contributed by atoms with Gasteiger partial charge in [0.1, 0.15) is 6.54 Å². The van der Waals surface area contributed by atoms with Crippen molar-refractivity contribution in [2.45, 2.75) is 46.6 Å². The lowest BCUT2D eigenvalue weighted by Gasteiger charge is -2.32. The number of piperidine rings is 1. The molecule has 1 unspecified atom stereocenters. The van der Waals surface area contributed by atoms with Gasteiger partial charge in [0.2, 0.25) is 15.9 Å². The maximum Gasteiger partial charge on any atom is 0.241 e. The van der Waals surface area contributed by atoms with Gasteiger partial charge in [-0.25, -0.2) is 8.42 Å². The second kappa shape index (κ2) is 9.94. The Kier molecular flexibility index (Phi) is 7.49. The molecular formula is C25H35N3O3S. The molecule has 0 radical (unpaired) electrons. The molecule has 1 amide bonds. The van der Waals surface area contributed by atoms with Crippen LogP contribution in [0.2, 0.25) is 0 Å². The number of sulfonamides is 1. The number of aryl methyl sites for hydroxylation is 2. The molecule has 0 spiro atoms. The molecule has 1 aliphatic heterocycles. The number of anilines is 2. The maximum atomic E-state index is 12.8. The number of nitrogens with zero attached hydrogens (tertiary/aromatic N) is 2. The molecule has 2 aromatic rings. The van der Waals surface area contributed by atoms with Gasteiger partial charge in [0.05, 0.1) is 18.0 Å². The van der Waals surface area contributed by atoms with Crippen molar-refractivity contribution in [3.8, 4) is 0 Å². The van der Waals surface area contributed by atoms with E-state index in [0.29, 0.717) is 5.69 Å². The first-order chi connectivity index (χ1) is 15.0. The summed E-state index contributed by atoms with van der Waals surface area (Å²) in [6.45, 7) is 9.86. The van der Waals surface area contributed by atoms with Crippen molar-refractivity contribution in [3.63, 3.8) is 0 Å². The fraction of sp³-hybridized carbons (Fsp3) is 0.480. The molecule has 0 bridgehead atoms. The van der Waals surface area contributed by atoms with E-state index in [0.717, 1.165) is 42.0 Å². The van der Waals surface area contributed by atoms with Gasteiger partial charge in [0, 0.05) is 18.8 Å².